The first-order valence-electron chi connectivity index (χ1n) is 11.5. The van der Waals surface area contributed by atoms with Gasteiger partial charge in [0.25, 0.3) is 0 Å². The molecule has 0 saturated carbocycles. The molecule has 1 heterocycles. The van der Waals surface area contributed by atoms with E-state index in [0.29, 0.717) is 18.1 Å². The van der Waals surface area contributed by atoms with Gasteiger partial charge in [0.05, 0.1) is 12.7 Å². The van der Waals surface area contributed by atoms with Crippen molar-refractivity contribution in [2.75, 3.05) is 6.61 Å². The standard InChI is InChI=1S/C27H24F6O3/c1-2-3-15-4-9-24(35-14-15)17-7-5-16(6-8-17)18-10-20(28)25(21(29)11-18)27(32,33)36-19-12-22(30)26(34)23(31)13-19/h5-8,10-13,15,24,34H,2-4,9,14H2,1H3. The van der Waals surface area contributed by atoms with Crippen molar-refractivity contribution in [1.29, 1.82) is 0 Å². The predicted octanol–water partition coefficient (Wildman–Crippen LogP) is 8.01. The summed E-state index contributed by atoms with van der Waals surface area (Å²) in [4.78, 5) is 0. The molecule has 4 rings (SSSR count). The second-order valence-electron chi connectivity index (χ2n) is 8.85. The molecule has 192 valence electrons. The van der Waals surface area contributed by atoms with Crippen molar-refractivity contribution in [2.24, 2.45) is 5.92 Å². The van der Waals surface area contributed by atoms with Gasteiger partial charge >= 0.3 is 6.11 Å². The minimum absolute atomic E-state index is 0.0189. The molecule has 0 aliphatic carbocycles. The topological polar surface area (TPSA) is 38.7 Å². The Kier molecular flexibility index (Phi) is 7.49. The summed E-state index contributed by atoms with van der Waals surface area (Å²) in [5.41, 5.74) is -0.381. The van der Waals surface area contributed by atoms with E-state index in [1.54, 1.807) is 24.3 Å². The van der Waals surface area contributed by atoms with Gasteiger partial charge in [0, 0.05) is 12.1 Å². The van der Waals surface area contributed by atoms with Gasteiger partial charge in [0.2, 0.25) is 0 Å². The van der Waals surface area contributed by atoms with E-state index in [9.17, 15) is 26.3 Å². The number of phenolic OH excluding ortho intramolecular Hbond substituents is 1. The third-order valence-electron chi connectivity index (χ3n) is 6.25. The molecule has 0 radical (unpaired) electrons. The minimum Gasteiger partial charge on any atom is -0.503 e. The molecule has 1 aliphatic rings. The quantitative estimate of drug-likeness (QED) is 0.327. The van der Waals surface area contributed by atoms with E-state index < -0.39 is 46.4 Å². The molecule has 3 aromatic carbocycles. The summed E-state index contributed by atoms with van der Waals surface area (Å²) in [6.45, 7) is 2.81. The van der Waals surface area contributed by atoms with Crippen LogP contribution in [0.5, 0.6) is 11.5 Å². The number of hydrogen-bond acceptors (Lipinski definition) is 3. The summed E-state index contributed by atoms with van der Waals surface area (Å²) in [6.07, 6.45) is -0.533. The van der Waals surface area contributed by atoms with E-state index in [1.807, 2.05) is 0 Å². The zero-order chi connectivity index (χ0) is 26.0. The van der Waals surface area contributed by atoms with Gasteiger partial charge in [-0.1, -0.05) is 37.6 Å². The minimum atomic E-state index is -4.60. The largest absolute Gasteiger partial charge is 0.503 e. The molecule has 1 N–H and O–H groups in total. The first kappa shape index (κ1) is 25.9. The lowest BCUT2D eigenvalue weighted by Crippen LogP contribution is -2.25. The van der Waals surface area contributed by atoms with Crippen LogP contribution in [0.1, 0.15) is 49.8 Å². The van der Waals surface area contributed by atoms with Crippen molar-refractivity contribution < 1.29 is 40.9 Å². The zero-order valence-corrected chi connectivity index (χ0v) is 19.3. The van der Waals surface area contributed by atoms with Crippen LogP contribution in [-0.2, 0) is 10.8 Å². The lowest BCUT2D eigenvalue weighted by molar-refractivity contribution is -0.189. The average Bonchev–Trinajstić information content (AvgIpc) is 2.82. The van der Waals surface area contributed by atoms with Crippen molar-refractivity contribution >= 4 is 0 Å². The maximum absolute atomic E-state index is 14.7. The predicted molar refractivity (Wildman–Crippen MR) is 121 cm³/mol. The van der Waals surface area contributed by atoms with Crippen LogP contribution in [0.2, 0.25) is 0 Å². The Morgan fingerprint density at radius 3 is 2.03 bits per heavy atom. The third-order valence-corrected chi connectivity index (χ3v) is 6.25. The van der Waals surface area contributed by atoms with Crippen LogP contribution in [-0.4, -0.2) is 11.7 Å². The van der Waals surface area contributed by atoms with Gasteiger partial charge in [-0.25, -0.2) is 17.6 Å². The summed E-state index contributed by atoms with van der Waals surface area (Å²) < 4.78 is 95.5. The van der Waals surface area contributed by atoms with Gasteiger partial charge in [-0.15, -0.1) is 0 Å². The maximum Gasteiger partial charge on any atom is 0.432 e. The van der Waals surface area contributed by atoms with Crippen LogP contribution in [0.25, 0.3) is 11.1 Å². The Hall–Kier alpha value is -3.20. The summed E-state index contributed by atoms with van der Waals surface area (Å²) >= 11 is 0. The molecule has 0 spiro atoms. The van der Waals surface area contributed by atoms with E-state index in [4.69, 9.17) is 9.84 Å². The molecule has 0 amide bonds. The van der Waals surface area contributed by atoms with Crippen molar-refractivity contribution in [3.8, 4) is 22.6 Å². The molecule has 2 atom stereocenters. The first-order chi connectivity index (χ1) is 17.1. The molecule has 3 aromatic rings. The summed E-state index contributed by atoms with van der Waals surface area (Å²) in [5.74, 6) is -8.25. The lowest BCUT2D eigenvalue weighted by atomic mass is 9.91. The van der Waals surface area contributed by atoms with E-state index in [1.165, 1.54) is 0 Å². The molecule has 1 saturated heterocycles. The third kappa shape index (κ3) is 5.46. The Morgan fingerprint density at radius 1 is 0.889 bits per heavy atom. The van der Waals surface area contributed by atoms with Crippen molar-refractivity contribution in [1.82, 2.24) is 0 Å². The summed E-state index contributed by atoms with van der Waals surface area (Å²) in [5, 5.41) is 9.07. The van der Waals surface area contributed by atoms with Gasteiger partial charge in [0.15, 0.2) is 17.4 Å². The number of rotatable bonds is 7. The van der Waals surface area contributed by atoms with Gasteiger partial charge < -0.3 is 14.6 Å². The molecule has 0 bridgehead atoms. The highest BCUT2D eigenvalue weighted by Gasteiger charge is 2.41. The molecule has 0 aromatic heterocycles. The molecule has 36 heavy (non-hydrogen) atoms. The number of halogens is 6. The monoisotopic (exact) mass is 510 g/mol. The van der Waals surface area contributed by atoms with E-state index in [2.05, 4.69) is 11.7 Å². The number of hydrogen-bond donors (Lipinski definition) is 1. The van der Waals surface area contributed by atoms with Crippen molar-refractivity contribution in [3.05, 3.63) is 82.9 Å². The molecule has 3 nitrogen and oxygen atoms in total. The van der Waals surface area contributed by atoms with Crippen LogP contribution >= 0.6 is 0 Å². The lowest BCUT2D eigenvalue weighted by Gasteiger charge is -2.29. The van der Waals surface area contributed by atoms with Crippen molar-refractivity contribution in [3.63, 3.8) is 0 Å². The van der Waals surface area contributed by atoms with E-state index in [0.717, 1.165) is 43.4 Å². The summed E-state index contributed by atoms with van der Waals surface area (Å²) in [7, 11) is 0. The Morgan fingerprint density at radius 2 is 1.50 bits per heavy atom. The fourth-order valence-electron chi connectivity index (χ4n) is 4.41. The fraction of sp³-hybridized carbons (Fsp3) is 0.333. The molecule has 1 fully saturated rings. The van der Waals surface area contributed by atoms with Gasteiger partial charge in [-0.3, -0.25) is 0 Å². The maximum atomic E-state index is 14.7. The number of ether oxygens (including phenoxy) is 2. The highest BCUT2D eigenvalue weighted by molar-refractivity contribution is 5.64. The zero-order valence-electron chi connectivity index (χ0n) is 19.3. The second-order valence-corrected chi connectivity index (χ2v) is 8.85. The Bertz CT molecular complexity index is 1170. The van der Waals surface area contributed by atoms with E-state index >= 15 is 0 Å². The number of benzene rings is 3. The molecule has 1 aliphatic heterocycles. The fourth-order valence-corrected chi connectivity index (χ4v) is 4.41. The number of alkyl halides is 2. The smallest absolute Gasteiger partial charge is 0.432 e. The van der Waals surface area contributed by atoms with Crippen LogP contribution in [0.15, 0.2) is 48.5 Å². The Labute approximate surface area is 204 Å². The molecular weight excluding hydrogens is 486 g/mol. The van der Waals surface area contributed by atoms with Crippen LogP contribution in [0, 0.1) is 29.2 Å². The Balaban J connectivity index is 1.53. The highest BCUT2D eigenvalue weighted by atomic mass is 19.3. The molecule has 9 heteroatoms. The van der Waals surface area contributed by atoms with Crippen LogP contribution < -0.4 is 4.74 Å². The second kappa shape index (κ2) is 10.4. The van der Waals surface area contributed by atoms with E-state index in [-0.39, 0.29) is 23.8 Å². The van der Waals surface area contributed by atoms with Gasteiger partial charge in [-0.05, 0) is 54.0 Å². The van der Waals surface area contributed by atoms with Crippen LogP contribution in [0.4, 0.5) is 26.3 Å². The average molecular weight is 510 g/mol. The van der Waals surface area contributed by atoms with Crippen molar-refractivity contribution in [2.45, 2.75) is 44.8 Å². The highest BCUT2D eigenvalue weighted by Crippen LogP contribution is 2.39. The van der Waals surface area contributed by atoms with Gasteiger partial charge in [0.1, 0.15) is 22.9 Å². The molecular formula is C27H24F6O3. The number of aromatic hydroxyl groups is 1. The first-order valence-corrected chi connectivity index (χ1v) is 11.5. The number of phenols is 1. The SMILES string of the molecule is CCCC1CCC(c2ccc(-c3cc(F)c(C(F)(F)Oc4cc(F)c(O)c(F)c4)c(F)c3)cc2)OC1. The summed E-state index contributed by atoms with van der Waals surface area (Å²) in [6, 6.07) is 8.81. The van der Waals surface area contributed by atoms with Crippen LogP contribution in [0.3, 0.4) is 0 Å². The van der Waals surface area contributed by atoms with Gasteiger partial charge in [-0.2, -0.15) is 8.78 Å². The molecule has 2 unspecified atom stereocenters. The normalized spacial score (nSPS) is 18.3.